The quantitative estimate of drug-likeness (QED) is 0.591. The summed E-state index contributed by atoms with van der Waals surface area (Å²) < 4.78 is 0. The van der Waals surface area contributed by atoms with E-state index in [-0.39, 0.29) is 0 Å². The van der Waals surface area contributed by atoms with Gasteiger partial charge in [0.15, 0.2) is 0 Å². The lowest BCUT2D eigenvalue weighted by atomic mass is 10.1. The predicted molar refractivity (Wildman–Crippen MR) is 52.9 cm³/mol. The summed E-state index contributed by atoms with van der Waals surface area (Å²) >= 11 is 4.29. The average Bonchev–Trinajstić information content (AvgIpc) is 2.12. The number of thiol groups is 1. The largest absolute Gasteiger partial charge is 0.507 e. The molecule has 60 valence electrons. The summed E-state index contributed by atoms with van der Waals surface area (Å²) in [5.41, 5.74) is 0. The molecule has 1 nitrogen and oxygen atoms in total. The van der Waals surface area contributed by atoms with Gasteiger partial charge in [-0.25, -0.2) is 0 Å². The van der Waals surface area contributed by atoms with Crippen LogP contribution in [-0.4, -0.2) is 5.11 Å². The second-order valence-electron chi connectivity index (χ2n) is 2.65. The van der Waals surface area contributed by atoms with Gasteiger partial charge in [-0.3, -0.25) is 0 Å². The highest BCUT2D eigenvalue weighted by molar-refractivity contribution is 7.80. The molecule has 2 rings (SSSR count). The lowest BCUT2D eigenvalue weighted by molar-refractivity contribution is 0.481. The Morgan fingerprint density at radius 1 is 0.917 bits per heavy atom. The minimum atomic E-state index is 0.309. The zero-order chi connectivity index (χ0) is 8.55. The maximum atomic E-state index is 9.46. The van der Waals surface area contributed by atoms with Crippen molar-refractivity contribution in [2.75, 3.05) is 0 Å². The van der Waals surface area contributed by atoms with Gasteiger partial charge in [-0.1, -0.05) is 24.3 Å². The molecule has 0 heterocycles. The van der Waals surface area contributed by atoms with Crippen molar-refractivity contribution < 1.29 is 5.11 Å². The van der Waals surface area contributed by atoms with Crippen LogP contribution in [0.1, 0.15) is 0 Å². The maximum absolute atomic E-state index is 9.46. The van der Waals surface area contributed by atoms with Crippen LogP contribution in [0.5, 0.6) is 5.75 Å². The average molecular weight is 176 g/mol. The molecule has 0 saturated heterocycles. The van der Waals surface area contributed by atoms with Crippen molar-refractivity contribution in [2.45, 2.75) is 4.90 Å². The molecule has 0 aliphatic rings. The van der Waals surface area contributed by atoms with Gasteiger partial charge in [0, 0.05) is 10.3 Å². The third-order valence-corrected chi connectivity index (χ3v) is 2.27. The minimum Gasteiger partial charge on any atom is -0.507 e. The van der Waals surface area contributed by atoms with Crippen LogP contribution in [0.2, 0.25) is 0 Å². The first-order valence-corrected chi connectivity index (χ1v) is 4.13. The third-order valence-electron chi connectivity index (χ3n) is 1.88. The van der Waals surface area contributed by atoms with Crippen molar-refractivity contribution in [3.8, 4) is 5.75 Å². The monoisotopic (exact) mass is 176 g/mol. The number of benzene rings is 2. The van der Waals surface area contributed by atoms with Crippen molar-refractivity contribution in [1.82, 2.24) is 0 Å². The second-order valence-corrected chi connectivity index (χ2v) is 3.13. The van der Waals surface area contributed by atoms with E-state index in [0.29, 0.717) is 5.75 Å². The Labute approximate surface area is 76.1 Å². The molecule has 0 unspecified atom stereocenters. The molecular weight excluding hydrogens is 168 g/mol. The summed E-state index contributed by atoms with van der Waals surface area (Å²) in [5.74, 6) is 0.309. The van der Waals surface area contributed by atoms with E-state index in [9.17, 15) is 5.11 Å². The summed E-state index contributed by atoms with van der Waals surface area (Å²) in [6.07, 6.45) is 0. The highest BCUT2D eigenvalue weighted by atomic mass is 32.1. The van der Waals surface area contributed by atoms with Gasteiger partial charge in [0.25, 0.3) is 0 Å². The van der Waals surface area contributed by atoms with Crippen LogP contribution < -0.4 is 0 Å². The van der Waals surface area contributed by atoms with Gasteiger partial charge in [-0.05, 0) is 17.5 Å². The zero-order valence-electron chi connectivity index (χ0n) is 6.36. The molecule has 0 aromatic heterocycles. The first kappa shape index (κ1) is 7.50. The molecule has 0 bridgehead atoms. The van der Waals surface area contributed by atoms with Crippen LogP contribution in [0.15, 0.2) is 41.3 Å². The van der Waals surface area contributed by atoms with Crippen LogP contribution in [0.4, 0.5) is 0 Å². The van der Waals surface area contributed by atoms with E-state index in [1.54, 1.807) is 12.1 Å². The Balaban J connectivity index is 2.95. The van der Waals surface area contributed by atoms with Crippen LogP contribution in [0, 0.1) is 0 Å². The van der Waals surface area contributed by atoms with Gasteiger partial charge in [0.05, 0.1) is 0 Å². The van der Waals surface area contributed by atoms with E-state index in [4.69, 9.17) is 0 Å². The molecule has 0 atom stereocenters. The van der Waals surface area contributed by atoms with Crippen LogP contribution in [-0.2, 0) is 0 Å². The van der Waals surface area contributed by atoms with E-state index in [2.05, 4.69) is 12.6 Å². The number of aromatic hydroxyl groups is 1. The smallest absolute Gasteiger partial charge is 0.123 e. The number of hydrogen-bond acceptors (Lipinski definition) is 2. The summed E-state index contributed by atoms with van der Waals surface area (Å²) in [5, 5.41) is 11.3. The van der Waals surface area contributed by atoms with Gasteiger partial charge in [-0.2, -0.15) is 0 Å². The Kier molecular flexibility index (Phi) is 1.70. The lowest BCUT2D eigenvalue weighted by Gasteiger charge is -2.02. The summed E-state index contributed by atoms with van der Waals surface area (Å²) in [4.78, 5) is 0.892. The van der Waals surface area contributed by atoms with Gasteiger partial charge in [0.2, 0.25) is 0 Å². The van der Waals surface area contributed by atoms with E-state index >= 15 is 0 Å². The van der Waals surface area contributed by atoms with Gasteiger partial charge in [0.1, 0.15) is 5.75 Å². The molecule has 0 aliphatic heterocycles. The Morgan fingerprint density at radius 2 is 1.58 bits per heavy atom. The molecule has 0 saturated carbocycles. The maximum Gasteiger partial charge on any atom is 0.123 e. The van der Waals surface area contributed by atoms with Crippen molar-refractivity contribution >= 4 is 23.4 Å². The van der Waals surface area contributed by atoms with Crippen molar-refractivity contribution in [3.63, 3.8) is 0 Å². The molecule has 0 spiro atoms. The molecule has 2 heteroatoms. The van der Waals surface area contributed by atoms with Crippen LogP contribution in [0.25, 0.3) is 10.8 Å². The summed E-state index contributed by atoms with van der Waals surface area (Å²) in [6, 6.07) is 11.1. The van der Waals surface area contributed by atoms with Crippen molar-refractivity contribution in [2.24, 2.45) is 0 Å². The fraction of sp³-hybridized carbons (Fsp3) is 0. The third kappa shape index (κ3) is 1.04. The SMILES string of the molecule is Oc1ccc(S)c2ccccc12. The molecular formula is C10H8OS. The van der Waals surface area contributed by atoms with Crippen molar-refractivity contribution in [3.05, 3.63) is 36.4 Å². The Bertz CT molecular complexity index is 383. The lowest BCUT2D eigenvalue weighted by Crippen LogP contribution is -1.74. The molecule has 2 aromatic carbocycles. The first-order chi connectivity index (χ1) is 5.79. The standard InChI is InChI=1S/C10H8OS/c11-9-5-6-10(12)8-4-2-1-3-7(8)9/h1-6,11-12H. The van der Waals surface area contributed by atoms with Gasteiger partial charge < -0.3 is 5.11 Å². The van der Waals surface area contributed by atoms with Gasteiger partial charge in [-0.15, -0.1) is 12.6 Å². The molecule has 0 amide bonds. The van der Waals surface area contributed by atoms with Crippen molar-refractivity contribution in [1.29, 1.82) is 0 Å². The Hall–Kier alpha value is -1.15. The van der Waals surface area contributed by atoms with E-state index in [0.717, 1.165) is 15.7 Å². The highest BCUT2D eigenvalue weighted by Crippen LogP contribution is 2.28. The number of rotatable bonds is 0. The molecule has 0 radical (unpaired) electrons. The van der Waals surface area contributed by atoms with Gasteiger partial charge >= 0.3 is 0 Å². The first-order valence-electron chi connectivity index (χ1n) is 3.69. The second kappa shape index (κ2) is 2.72. The fourth-order valence-corrected chi connectivity index (χ4v) is 1.54. The molecule has 12 heavy (non-hydrogen) atoms. The number of phenols is 1. The summed E-state index contributed by atoms with van der Waals surface area (Å²) in [6.45, 7) is 0. The van der Waals surface area contributed by atoms with E-state index in [1.165, 1.54) is 0 Å². The van der Waals surface area contributed by atoms with Crippen LogP contribution >= 0.6 is 12.6 Å². The fourth-order valence-electron chi connectivity index (χ4n) is 1.27. The predicted octanol–water partition coefficient (Wildman–Crippen LogP) is 2.83. The number of fused-ring (bicyclic) bond motifs is 1. The molecule has 1 N–H and O–H groups in total. The number of hydrogen-bond donors (Lipinski definition) is 2. The molecule has 0 fully saturated rings. The molecule has 0 aliphatic carbocycles. The number of phenolic OH excluding ortho intramolecular Hbond substituents is 1. The highest BCUT2D eigenvalue weighted by Gasteiger charge is 2.00. The van der Waals surface area contributed by atoms with Crippen LogP contribution in [0.3, 0.4) is 0 Å². The summed E-state index contributed by atoms with van der Waals surface area (Å²) in [7, 11) is 0. The molecule has 2 aromatic rings. The van der Waals surface area contributed by atoms with E-state index < -0.39 is 0 Å². The minimum absolute atomic E-state index is 0.309. The Morgan fingerprint density at radius 3 is 2.25 bits per heavy atom. The topological polar surface area (TPSA) is 20.2 Å². The zero-order valence-corrected chi connectivity index (χ0v) is 7.25. The normalized spacial score (nSPS) is 10.4. The van der Waals surface area contributed by atoms with E-state index in [1.807, 2.05) is 24.3 Å².